The summed E-state index contributed by atoms with van der Waals surface area (Å²) in [5.41, 5.74) is 2.87. The van der Waals surface area contributed by atoms with Crippen LogP contribution in [-0.2, 0) is 13.2 Å². The van der Waals surface area contributed by atoms with Gasteiger partial charge in [-0.3, -0.25) is 9.88 Å². The molecule has 2 aliphatic rings. The van der Waals surface area contributed by atoms with Gasteiger partial charge in [-0.05, 0) is 68.1 Å². The van der Waals surface area contributed by atoms with E-state index in [-0.39, 0.29) is 12.4 Å². The number of likely N-dealkylation sites (tertiary alicyclic amines) is 1. The summed E-state index contributed by atoms with van der Waals surface area (Å²) in [5, 5.41) is 3.49. The fourth-order valence-corrected chi connectivity index (χ4v) is 4.36. The van der Waals surface area contributed by atoms with E-state index >= 15 is 0 Å². The monoisotopic (exact) mass is 403 g/mol. The van der Waals surface area contributed by atoms with Crippen molar-refractivity contribution < 1.29 is 9.47 Å². The molecule has 2 fully saturated rings. The second-order valence-electron chi connectivity index (χ2n) is 7.85. The van der Waals surface area contributed by atoms with Crippen LogP contribution in [-0.4, -0.2) is 43.2 Å². The number of pyridine rings is 1. The highest BCUT2D eigenvalue weighted by atomic mass is 35.5. The third-order valence-electron chi connectivity index (χ3n) is 5.93. The van der Waals surface area contributed by atoms with Gasteiger partial charge in [-0.2, -0.15) is 0 Å². The largest absolute Gasteiger partial charge is 0.493 e. The van der Waals surface area contributed by atoms with Crippen LogP contribution in [0, 0.1) is 5.41 Å². The van der Waals surface area contributed by atoms with Crippen LogP contribution in [0.1, 0.15) is 30.4 Å². The van der Waals surface area contributed by atoms with E-state index in [0.717, 1.165) is 23.6 Å². The van der Waals surface area contributed by atoms with Gasteiger partial charge in [-0.1, -0.05) is 12.1 Å². The summed E-state index contributed by atoms with van der Waals surface area (Å²) < 4.78 is 11.5. The summed E-state index contributed by atoms with van der Waals surface area (Å²) in [5.74, 6) is 1.58. The predicted molar refractivity (Wildman–Crippen MR) is 113 cm³/mol. The zero-order valence-corrected chi connectivity index (χ0v) is 17.3. The van der Waals surface area contributed by atoms with Crippen LogP contribution in [0.25, 0.3) is 0 Å². The lowest BCUT2D eigenvalue weighted by atomic mass is 9.78. The van der Waals surface area contributed by atoms with Crippen molar-refractivity contribution >= 4 is 12.4 Å². The zero-order valence-electron chi connectivity index (χ0n) is 16.5. The molecule has 2 aliphatic heterocycles. The van der Waals surface area contributed by atoms with Gasteiger partial charge < -0.3 is 14.8 Å². The summed E-state index contributed by atoms with van der Waals surface area (Å²) in [6.45, 7) is 6.21. The van der Waals surface area contributed by atoms with Gasteiger partial charge in [-0.25, -0.2) is 0 Å². The topological polar surface area (TPSA) is 46.6 Å². The average molecular weight is 404 g/mol. The number of ether oxygens (including phenoxy) is 2. The maximum atomic E-state index is 6.04. The number of aromatic nitrogens is 1. The zero-order chi connectivity index (χ0) is 18.5. The van der Waals surface area contributed by atoms with E-state index in [1.54, 1.807) is 13.3 Å². The molecule has 5 nitrogen and oxygen atoms in total. The first kappa shape index (κ1) is 20.9. The maximum absolute atomic E-state index is 6.04. The molecule has 152 valence electrons. The molecule has 6 heteroatoms. The lowest BCUT2D eigenvalue weighted by Gasteiger charge is -2.34. The van der Waals surface area contributed by atoms with Gasteiger partial charge in [0.15, 0.2) is 11.5 Å². The molecule has 4 rings (SSSR count). The first-order chi connectivity index (χ1) is 13.3. The summed E-state index contributed by atoms with van der Waals surface area (Å²) in [7, 11) is 1.69. The standard InChI is InChI=1S/C22H29N3O2.ClH/c1-26-20-5-4-18(13-21(20)27-16-19-3-2-9-24-14-19)15-25-12-8-22(17-25)6-10-23-11-7-22;/h2-5,9,13-14,23H,6-8,10-12,15-17H2,1H3;1H. The van der Waals surface area contributed by atoms with Crippen molar-refractivity contribution in [3.63, 3.8) is 0 Å². The van der Waals surface area contributed by atoms with Crippen LogP contribution in [0.2, 0.25) is 0 Å². The summed E-state index contributed by atoms with van der Waals surface area (Å²) in [4.78, 5) is 6.74. The van der Waals surface area contributed by atoms with Gasteiger partial charge in [-0.15, -0.1) is 12.4 Å². The molecule has 0 atom stereocenters. The molecular formula is C22H30ClN3O2. The Labute approximate surface area is 173 Å². The van der Waals surface area contributed by atoms with Crippen LogP contribution in [0.4, 0.5) is 0 Å². The van der Waals surface area contributed by atoms with Crippen molar-refractivity contribution in [1.82, 2.24) is 15.2 Å². The molecule has 2 aromatic rings. The minimum atomic E-state index is 0. The first-order valence-corrected chi connectivity index (χ1v) is 9.88. The van der Waals surface area contributed by atoms with Gasteiger partial charge in [0.25, 0.3) is 0 Å². The van der Waals surface area contributed by atoms with Crippen molar-refractivity contribution in [1.29, 1.82) is 0 Å². The van der Waals surface area contributed by atoms with Gasteiger partial charge in [0.05, 0.1) is 7.11 Å². The van der Waals surface area contributed by atoms with Crippen molar-refractivity contribution in [2.45, 2.75) is 32.4 Å². The number of benzene rings is 1. The minimum absolute atomic E-state index is 0. The average Bonchev–Trinajstić information content (AvgIpc) is 3.09. The summed E-state index contributed by atoms with van der Waals surface area (Å²) in [6.07, 6.45) is 7.56. The molecule has 0 radical (unpaired) electrons. The molecule has 1 aromatic heterocycles. The van der Waals surface area contributed by atoms with Crippen molar-refractivity contribution in [2.24, 2.45) is 5.41 Å². The Morgan fingerprint density at radius 2 is 1.96 bits per heavy atom. The number of halogens is 1. The van der Waals surface area contributed by atoms with Crippen LogP contribution in [0.15, 0.2) is 42.7 Å². The predicted octanol–water partition coefficient (Wildman–Crippen LogP) is 3.67. The smallest absolute Gasteiger partial charge is 0.161 e. The Morgan fingerprint density at radius 1 is 1.11 bits per heavy atom. The number of rotatable bonds is 6. The van der Waals surface area contributed by atoms with E-state index < -0.39 is 0 Å². The molecule has 1 spiro atoms. The Kier molecular flexibility index (Phi) is 7.16. The van der Waals surface area contributed by atoms with Gasteiger partial charge in [0.2, 0.25) is 0 Å². The van der Waals surface area contributed by atoms with Gasteiger partial charge in [0.1, 0.15) is 6.61 Å². The second-order valence-corrected chi connectivity index (χ2v) is 7.85. The highest BCUT2D eigenvalue weighted by Crippen LogP contribution is 2.39. The van der Waals surface area contributed by atoms with Crippen molar-refractivity contribution in [2.75, 3.05) is 33.3 Å². The van der Waals surface area contributed by atoms with Crippen molar-refractivity contribution in [3.05, 3.63) is 53.9 Å². The minimum Gasteiger partial charge on any atom is -0.493 e. The highest BCUT2D eigenvalue weighted by Gasteiger charge is 2.38. The molecule has 2 saturated heterocycles. The normalized spacial score (nSPS) is 18.6. The third-order valence-corrected chi connectivity index (χ3v) is 5.93. The highest BCUT2D eigenvalue weighted by molar-refractivity contribution is 5.85. The molecule has 0 saturated carbocycles. The molecule has 0 bridgehead atoms. The first-order valence-electron chi connectivity index (χ1n) is 9.88. The van der Waals surface area contributed by atoms with E-state index in [1.807, 2.05) is 24.4 Å². The molecule has 1 aromatic carbocycles. The number of piperidine rings is 1. The molecule has 3 heterocycles. The molecule has 28 heavy (non-hydrogen) atoms. The summed E-state index contributed by atoms with van der Waals surface area (Å²) in [6, 6.07) is 10.2. The van der Waals surface area contributed by atoms with E-state index in [9.17, 15) is 0 Å². The number of hydrogen-bond donors (Lipinski definition) is 1. The summed E-state index contributed by atoms with van der Waals surface area (Å²) >= 11 is 0. The van der Waals surface area contributed by atoms with E-state index in [2.05, 4.69) is 27.3 Å². The number of hydrogen-bond acceptors (Lipinski definition) is 5. The van der Waals surface area contributed by atoms with Gasteiger partial charge >= 0.3 is 0 Å². The van der Waals surface area contributed by atoms with Crippen molar-refractivity contribution in [3.8, 4) is 11.5 Å². The number of nitrogens with zero attached hydrogens (tertiary/aromatic N) is 2. The van der Waals surface area contributed by atoms with Crippen LogP contribution in [0.5, 0.6) is 11.5 Å². The Balaban J connectivity index is 0.00000225. The number of nitrogens with one attached hydrogen (secondary N) is 1. The maximum Gasteiger partial charge on any atom is 0.161 e. The number of methoxy groups -OCH3 is 1. The van der Waals surface area contributed by atoms with Crippen LogP contribution in [0.3, 0.4) is 0 Å². The Bertz CT molecular complexity index is 751. The third kappa shape index (κ3) is 4.96. The fraction of sp³-hybridized carbons (Fsp3) is 0.500. The Morgan fingerprint density at radius 3 is 2.71 bits per heavy atom. The van der Waals surface area contributed by atoms with E-state index in [0.29, 0.717) is 12.0 Å². The van der Waals surface area contributed by atoms with Crippen LogP contribution < -0.4 is 14.8 Å². The van der Waals surface area contributed by atoms with Crippen LogP contribution >= 0.6 is 12.4 Å². The second kappa shape index (κ2) is 9.59. The molecule has 1 N–H and O–H groups in total. The molecule has 0 unspecified atom stereocenters. The van der Waals surface area contributed by atoms with E-state index in [4.69, 9.17) is 9.47 Å². The SMILES string of the molecule is COc1ccc(CN2CCC3(CCNCC3)C2)cc1OCc1cccnc1.Cl. The molecule has 0 aliphatic carbocycles. The van der Waals surface area contributed by atoms with E-state index in [1.165, 1.54) is 51.0 Å². The lowest BCUT2D eigenvalue weighted by Crippen LogP contribution is -2.38. The van der Waals surface area contributed by atoms with Gasteiger partial charge in [0, 0.05) is 31.0 Å². The fourth-order valence-electron chi connectivity index (χ4n) is 4.36. The molecular weight excluding hydrogens is 374 g/mol. The quantitative estimate of drug-likeness (QED) is 0.797. The lowest BCUT2D eigenvalue weighted by molar-refractivity contribution is 0.194. The molecule has 0 amide bonds. The Hall–Kier alpha value is -1.82.